The average Bonchev–Trinajstić information content (AvgIpc) is 3.07. The number of nitrogens with two attached hydrogens (primary N) is 1. The fraction of sp³-hybridized carbons (Fsp3) is 0.235. The highest BCUT2D eigenvalue weighted by Crippen LogP contribution is 2.45. The quantitative estimate of drug-likeness (QED) is 0.569. The molecule has 0 spiro atoms. The summed E-state index contributed by atoms with van der Waals surface area (Å²) in [6, 6.07) is 3.11. The van der Waals surface area contributed by atoms with Crippen molar-refractivity contribution in [2.45, 2.75) is 20.3 Å². The summed E-state index contributed by atoms with van der Waals surface area (Å²) in [6.07, 6.45) is 1.77. The lowest BCUT2D eigenvalue weighted by Gasteiger charge is -2.11. The van der Waals surface area contributed by atoms with Gasteiger partial charge in [-0.3, -0.25) is 0 Å². The van der Waals surface area contributed by atoms with Crippen molar-refractivity contribution < 1.29 is 23.8 Å². The molecule has 0 fully saturated rings. The number of allylic oxidation sites excluding steroid dienone is 3. The molecule has 8 heteroatoms. The van der Waals surface area contributed by atoms with Crippen molar-refractivity contribution in [1.29, 1.82) is 0 Å². The zero-order valence-corrected chi connectivity index (χ0v) is 15.0. The number of hydrogen-bond donors (Lipinski definition) is 2. The number of benzene rings is 1. The molecule has 0 bridgehead atoms. The number of carbonyl (C=O) groups is 1. The predicted molar refractivity (Wildman–Crippen MR) is 94.4 cm³/mol. The normalized spacial score (nSPS) is 15.6. The molecule has 1 aromatic rings. The maximum atomic E-state index is 14.8. The van der Waals surface area contributed by atoms with E-state index in [4.69, 9.17) is 38.4 Å². The van der Waals surface area contributed by atoms with Crippen molar-refractivity contribution in [1.82, 2.24) is 0 Å². The second kappa shape index (κ2) is 7.80. The van der Waals surface area contributed by atoms with E-state index in [1.165, 1.54) is 13.0 Å². The second-order valence-electron chi connectivity index (χ2n) is 5.16. The topological polar surface area (TPSA) is 81.8 Å². The van der Waals surface area contributed by atoms with Gasteiger partial charge >= 0.3 is 5.97 Å². The Hall–Kier alpha value is -2.18. The van der Waals surface area contributed by atoms with Crippen molar-refractivity contribution in [2.24, 2.45) is 5.73 Å². The summed E-state index contributed by atoms with van der Waals surface area (Å²) in [5.41, 5.74) is 5.54. The smallest absolute Gasteiger partial charge is 0.336 e. The Bertz CT molecular complexity index is 815. The average molecular weight is 388 g/mol. The summed E-state index contributed by atoms with van der Waals surface area (Å²) < 4.78 is 25.4. The number of fused-ring (bicyclic) bond motifs is 1. The molecule has 0 aromatic heterocycles. The second-order valence-corrected chi connectivity index (χ2v) is 5.94. The van der Waals surface area contributed by atoms with Gasteiger partial charge in [0.15, 0.2) is 17.3 Å². The molecule has 1 heterocycles. The number of hydrogen-bond acceptors (Lipinski definition) is 4. The summed E-state index contributed by atoms with van der Waals surface area (Å²) in [7, 11) is 0. The van der Waals surface area contributed by atoms with Crippen LogP contribution in [0.3, 0.4) is 0 Å². The van der Waals surface area contributed by atoms with Gasteiger partial charge in [-0.05, 0) is 31.1 Å². The minimum Gasteiger partial charge on any atom is -0.478 e. The van der Waals surface area contributed by atoms with E-state index in [2.05, 4.69) is 0 Å². The van der Waals surface area contributed by atoms with Gasteiger partial charge in [-0.2, -0.15) is 0 Å². The minimum absolute atomic E-state index is 0.0323. The highest BCUT2D eigenvalue weighted by atomic mass is 35.5. The Morgan fingerprint density at radius 1 is 1.40 bits per heavy atom. The zero-order chi connectivity index (χ0) is 18.7. The third-order valence-electron chi connectivity index (χ3n) is 3.55. The zero-order valence-electron chi connectivity index (χ0n) is 13.5. The number of aliphatic carboxylic acids is 1. The predicted octanol–water partition coefficient (Wildman–Crippen LogP) is 4.60. The highest BCUT2D eigenvalue weighted by Gasteiger charge is 2.25. The Kier molecular flexibility index (Phi) is 5.98. The standard InChI is InChI=1S/C17H16Cl2FNO4/c1-3-4-10(17(22)23)12(19)14(21)13(20)8(2)9-5-6-11(18)16-15(9)24-7-25-16/h4-6H,3,7,21H2,1-2H3,(H,22,23)/b10-4-,13-8-,14-12-. The largest absolute Gasteiger partial charge is 0.478 e. The van der Waals surface area contributed by atoms with Crippen LogP contribution < -0.4 is 15.2 Å². The van der Waals surface area contributed by atoms with E-state index in [1.807, 2.05) is 0 Å². The van der Waals surface area contributed by atoms with Crippen LogP contribution in [0, 0.1) is 0 Å². The van der Waals surface area contributed by atoms with Gasteiger partial charge in [0.1, 0.15) is 0 Å². The molecule has 1 aliphatic rings. The first kappa shape index (κ1) is 19.1. The number of carboxylic acids is 1. The Balaban J connectivity index is 2.56. The molecule has 0 saturated carbocycles. The van der Waals surface area contributed by atoms with E-state index < -0.39 is 17.5 Å². The van der Waals surface area contributed by atoms with Crippen molar-refractivity contribution >= 4 is 34.7 Å². The summed E-state index contributed by atoms with van der Waals surface area (Å²) in [5, 5.41) is 9.16. The van der Waals surface area contributed by atoms with E-state index in [9.17, 15) is 14.3 Å². The van der Waals surface area contributed by atoms with Crippen LogP contribution in [0.4, 0.5) is 4.39 Å². The van der Waals surface area contributed by atoms with Gasteiger partial charge in [0, 0.05) is 5.56 Å². The Morgan fingerprint density at radius 3 is 2.64 bits per heavy atom. The molecule has 0 unspecified atom stereocenters. The maximum Gasteiger partial charge on any atom is 0.336 e. The number of rotatable bonds is 5. The third-order valence-corrected chi connectivity index (χ3v) is 4.26. The van der Waals surface area contributed by atoms with Crippen LogP contribution >= 0.6 is 23.2 Å². The van der Waals surface area contributed by atoms with Gasteiger partial charge in [0.25, 0.3) is 0 Å². The van der Waals surface area contributed by atoms with E-state index >= 15 is 0 Å². The summed E-state index contributed by atoms with van der Waals surface area (Å²) in [6.45, 7) is 3.17. The lowest BCUT2D eigenvalue weighted by molar-refractivity contribution is -0.132. The van der Waals surface area contributed by atoms with E-state index in [0.717, 1.165) is 0 Å². The van der Waals surface area contributed by atoms with Gasteiger partial charge in [-0.15, -0.1) is 0 Å². The monoisotopic (exact) mass is 387 g/mol. The Labute approximate surface area is 154 Å². The van der Waals surface area contributed by atoms with E-state index in [-0.39, 0.29) is 23.0 Å². The van der Waals surface area contributed by atoms with Crippen LogP contribution in [-0.4, -0.2) is 17.9 Å². The highest BCUT2D eigenvalue weighted by molar-refractivity contribution is 6.35. The summed E-state index contributed by atoms with van der Waals surface area (Å²) in [5.74, 6) is -1.53. The Morgan fingerprint density at radius 2 is 2.04 bits per heavy atom. The summed E-state index contributed by atoms with van der Waals surface area (Å²) >= 11 is 12.0. The molecule has 1 aliphatic heterocycles. The molecule has 0 amide bonds. The minimum atomic E-state index is -1.29. The first-order valence-electron chi connectivity index (χ1n) is 7.33. The van der Waals surface area contributed by atoms with E-state index in [0.29, 0.717) is 28.5 Å². The number of ether oxygens (including phenoxy) is 2. The SMILES string of the molecule is CC/C=C(C(=O)O)/C(Cl)=C(N)\C(F)=C(/C)c1ccc(Cl)c2c1OCO2. The van der Waals surface area contributed by atoms with Crippen LogP contribution in [0.2, 0.25) is 5.02 Å². The molecule has 3 N–H and O–H groups in total. The van der Waals surface area contributed by atoms with Crippen LogP contribution in [0.15, 0.2) is 40.3 Å². The van der Waals surface area contributed by atoms with Crippen molar-refractivity contribution in [3.05, 3.63) is 50.9 Å². The van der Waals surface area contributed by atoms with Gasteiger partial charge < -0.3 is 20.3 Å². The molecule has 5 nitrogen and oxygen atoms in total. The molecule has 0 radical (unpaired) electrons. The lowest BCUT2D eigenvalue weighted by Crippen LogP contribution is -2.09. The molecular formula is C17H16Cl2FNO4. The number of halogens is 3. The van der Waals surface area contributed by atoms with Crippen molar-refractivity contribution in [2.75, 3.05) is 6.79 Å². The van der Waals surface area contributed by atoms with Gasteiger partial charge in [0.05, 0.1) is 21.3 Å². The fourth-order valence-corrected chi connectivity index (χ4v) is 2.74. The molecule has 134 valence electrons. The third kappa shape index (κ3) is 3.75. The van der Waals surface area contributed by atoms with Gasteiger partial charge in [-0.25, -0.2) is 9.18 Å². The molecule has 1 aromatic carbocycles. The van der Waals surface area contributed by atoms with Crippen molar-refractivity contribution in [3.63, 3.8) is 0 Å². The van der Waals surface area contributed by atoms with Crippen LogP contribution in [-0.2, 0) is 4.79 Å². The molecule has 25 heavy (non-hydrogen) atoms. The maximum absolute atomic E-state index is 14.8. The van der Waals surface area contributed by atoms with Gasteiger partial charge in [0.2, 0.25) is 6.79 Å². The van der Waals surface area contributed by atoms with Crippen LogP contribution in [0.5, 0.6) is 11.5 Å². The summed E-state index contributed by atoms with van der Waals surface area (Å²) in [4.78, 5) is 11.3. The number of carboxylic acid groups (broad SMARTS) is 1. The van der Waals surface area contributed by atoms with Crippen LogP contribution in [0.1, 0.15) is 25.8 Å². The molecular weight excluding hydrogens is 372 g/mol. The molecule has 0 saturated heterocycles. The first-order chi connectivity index (χ1) is 11.8. The molecule has 0 atom stereocenters. The molecule has 0 aliphatic carbocycles. The fourth-order valence-electron chi connectivity index (χ4n) is 2.30. The van der Waals surface area contributed by atoms with Gasteiger partial charge in [-0.1, -0.05) is 36.2 Å². The van der Waals surface area contributed by atoms with Crippen LogP contribution in [0.25, 0.3) is 5.57 Å². The van der Waals surface area contributed by atoms with E-state index in [1.54, 1.807) is 19.1 Å². The first-order valence-corrected chi connectivity index (χ1v) is 8.09. The van der Waals surface area contributed by atoms with Crippen molar-refractivity contribution in [3.8, 4) is 11.5 Å². The molecule has 2 rings (SSSR count). The lowest BCUT2D eigenvalue weighted by atomic mass is 10.0.